The summed E-state index contributed by atoms with van der Waals surface area (Å²) in [6.07, 6.45) is 1.76. The van der Waals surface area contributed by atoms with Gasteiger partial charge in [0.05, 0.1) is 0 Å². The van der Waals surface area contributed by atoms with Gasteiger partial charge in [-0.25, -0.2) is 4.39 Å². The van der Waals surface area contributed by atoms with Gasteiger partial charge in [-0.2, -0.15) is 0 Å². The number of hydrogen-bond acceptors (Lipinski definition) is 3. The first kappa shape index (κ1) is 16.8. The van der Waals surface area contributed by atoms with Gasteiger partial charge in [-0.15, -0.1) is 12.4 Å². The molecule has 1 saturated heterocycles. The summed E-state index contributed by atoms with van der Waals surface area (Å²) in [4.78, 5) is 13.9. The van der Waals surface area contributed by atoms with E-state index in [2.05, 4.69) is 16.8 Å². The van der Waals surface area contributed by atoms with Crippen LogP contribution in [0.25, 0.3) is 0 Å². The Balaban J connectivity index is 0.00000200. The van der Waals surface area contributed by atoms with Gasteiger partial charge < -0.3 is 5.32 Å². The first-order chi connectivity index (χ1) is 9.20. The number of halogens is 2. The van der Waals surface area contributed by atoms with Crippen molar-refractivity contribution in [3.05, 3.63) is 48.3 Å². The van der Waals surface area contributed by atoms with E-state index in [1.54, 1.807) is 12.1 Å². The molecule has 3 nitrogen and oxygen atoms in total. The van der Waals surface area contributed by atoms with Crippen LogP contribution in [0, 0.1) is 5.82 Å². The van der Waals surface area contributed by atoms with E-state index >= 15 is 0 Å². The molecule has 1 aromatic carbocycles. The molecule has 5 heteroatoms. The molecule has 1 fully saturated rings. The van der Waals surface area contributed by atoms with Crippen molar-refractivity contribution in [3.63, 3.8) is 0 Å². The lowest BCUT2D eigenvalue weighted by Crippen LogP contribution is -2.45. The topological polar surface area (TPSA) is 32.3 Å². The standard InChI is InChI=1S/C15H19FN2O.ClH/c1-2-14(19)11-15(18-9-7-17-8-10-18)12-3-5-13(16)6-4-12;/h2-6,15,17H,1,7-11H2;1H/t15-;/m0./s1. The van der Waals surface area contributed by atoms with E-state index in [1.165, 1.54) is 18.2 Å². The molecule has 0 aliphatic carbocycles. The van der Waals surface area contributed by atoms with Gasteiger partial charge in [0.1, 0.15) is 5.82 Å². The van der Waals surface area contributed by atoms with E-state index in [0.717, 1.165) is 31.7 Å². The summed E-state index contributed by atoms with van der Waals surface area (Å²) >= 11 is 0. The monoisotopic (exact) mass is 298 g/mol. The van der Waals surface area contributed by atoms with Crippen LogP contribution in [-0.2, 0) is 4.79 Å². The molecule has 20 heavy (non-hydrogen) atoms. The maximum Gasteiger partial charge on any atom is 0.157 e. The summed E-state index contributed by atoms with van der Waals surface area (Å²) in [5.74, 6) is -0.231. The molecular weight excluding hydrogens is 279 g/mol. The number of rotatable bonds is 5. The summed E-state index contributed by atoms with van der Waals surface area (Å²) in [7, 11) is 0. The normalized spacial score (nSPS) is 17.1. The van der Waals surface area contributed by atoms with Crippen LogP contribution in [0.5, 0.6) is 0 Å². The van der Waals surface area contributed by atoms with Crippen LogP contribution in [0.15, 0.2) is 36.9 Å². The Hall–Kier alpha value is -1.23. The second kappa shape index (κ2) is 8.15. The quantitative estimate of drug-likeness (QED) is 0.847. The SMILES string of the molecule is C=CC(=O)C[C@@H](c1ccc(F)cc1)N1CCNCC1.Cl. The van der Waals surface area contributed by atoms with Crippen molar-refractivity contribution in [2.24, 2.45) is 0 Å². The Morgan fingerprint density at radius 3 is 2.50 bits per heavy atom. The van der Waals surface area contributed by atoms with Crippen LogP contribution in [0.4, 0.5) is 4.39 Å². The first-order valence-electron chi connectivity index (χ1n) is 6.56. The summed E-state index contributed by atoms with van der Waals surface area (Å²) < 4.78 is 13.0. The molecule has 2 rings (SSSR count). The van der Waals surface area contributed by atoms with Crippen molar-refractivity contribution < 1.29 is 9.18 Å². The number of benzene rings is 1. The lowest BCUT2D eigenvalue weighted by atomic mass is 9.99. The fourth-order valence-corrected chi connectivity index (χ4v) is 2.41. The number of carbonyl (C=O) groups excluding carboxylic acids is 1. The zero-order valence-corrected chi connectivity index (χ0v) is 12.2. The summed E-state index contributed by atoms with van der Waals surface area (Å²) in [5.41, 5.74) is 0.985. The minimum atomic E-state index is -0.252. The Morgan fingerprint density at radius 1 is 1.35 bits per heavy atom. The highest BCUT2D eigenvalue weighted by Crippen LogP contribution is 2.25. The molecule has 1 atom stereocenters. The van der Waals surface area contributed by atoms with Gasteiger partial charge in [0, 0.05) is 38.6 Å². The van der Waals surface area contributed by atoms with Crippen molar-refractivity contribution >= 4 is 18.2 Å². The number of nitrogens with one attached hydrogen (secondary N) is 1. The van der Waals surface area contributed by atoms with Gasteiger partial charge in [-0.05, 0) is 23.8 Å². The average Bonchev–Trinajstić information content (AvgIpc) is 2.46. The van der Waals surface area contributed by atoms with Crippen molar-refractivity contribution in [3.8, 4) is 0 Å². The van der Waals surface area contributed by atoms with Gasteiger partial charge in [-0.1, -0.05) is 18.7 Å². The van der Waals surface area contributed by atoms with E-state index in [1.807, 2.05) is 0 Å². The van der Waals surface area contributed by atoms with Gasteiger partial charge in [0.15, 0.2) is 5.78 Å². The van der Waals surface area contributed by atoms with Gasteiger partial charge in [0.25, 0.3) is 0 Å². The minimum Gasteiger partial charge on any atom is -0.314 e. The van der Waals surface area contributed by atoms with Crippen molar-refractivity contribution in [1.29, 1.82) is 0 Å². The highest BCUT2D eigenvalue weighted by atomic mass is 35.5. The predicted octanol–water partition coefficient (Wildman–Crippen LogP) is 2.34. The molecule has 1 N–H and O–H groups in total. The van der Waals surface area contributed by atoms with E-state index in [-0.39, 0.29) is 30.0 Å². The Labute approximate surface area is 125 Å². The molecule has 0 radical (unpaired) electrons. The third-order valence-corrected chi connectivity index (χ3v) is 3.47. The van der Waals surface area contributed by atoms with Gasteiger partial charge in [0.2, 0.25) is 0 Å². The van der Waals surface area contributed by atoms with Crippen LogP contribution in [0.3, 0.4) is 0 Å². The molecular formula is C15H20ClFN2O. The zero-order valence-electron chi connectivity index (χ0n) is 11.3. The minimum absolute atomic E-state index is 0. The first-order valence-corrected chi connectivity index (χ1v) is 6.56. The van der Waals surface area contributed by atoms with Crippen molar-refractivity contribution in [2.45, 2.75) is 12.5 Å². The zero-order chi connectivity index (χ0) is 13.7. The van der Waals surface area contributed by atoms with E-state index in [9.17, 15) is 9.18 Å². The van der Waals surface area contributed by atoms with Crippen LogP contribution in [0.2, 0.25) is 0 Å². The summed E-state index contributed by atoms with van der Waals surface area (Å²) in [6, 6.07) is 6.43. The molecule has 1 aliphatic rings. The largest absolute Gasteiger partial charge is 0.314 e. The molecule has 1 aliphatic heterocycles. The van der Waals surface area contributed by atoms with E-state index in [0.29, 0.717) is 6.42 Å². The van der Waals surface area contributed by atoms with Crippen molar-refractivity contribution in [1.82, 2.24) is 10.2 Å². The van der Waals surface area contributed by atoms with Crippen LogP contribution >= 0.6 is 12.4 Å². The molecule has 0 saturated carbocycles. The van der Waals surface area contributed by atoms with Crippen LogP contribution < -0.4 is 5.32 Å². The van der Waals surface area contributed by atoms with E-state index in [4.69, 9.17) is 0 Å². The fraction of sp³-hybridized carbons (Fsp3) is 0.400. The highest BCUT2D eigenvalue weighted by Gasteiger charge is 2.23. The Bertz CT molecular complexity index is 444. The third kappa shape index (κ3) is 4.40. The number of hydrogen-bond donors (Lipinski definition) is 1. The number of piperazine rings is 1. The maximum atomic E-state index is 13.0. The third-order valence-electron chi connectivity index (χ3n) is 3.47. The smallest absolute Gasteiger partial charge is 0.157 e. The predicted molar refractivity (Wildman–Crippen MR) is 80.7 cm³/mol. The second-order valence-corrected chi connectivity index (χ2v) is 4.73. The lowest BCUT2D eigenvalue weighted by molar-refractivity contribution is -0.115. The van der Waals surface area contributed by atoms with Crippen molar-refractivity contribution in [2.75, 3.05) is 26.2 Å². The Morgan fingerprint density at radius 2 is 1.95 bits per heavy atom. The molecule has 0 amide bonds. The molecule has 0 bridgehead atoms. The molecule has 0 unspecified atom stereocenters. The number of allylic oxidation sites excluding steroid dienone is 1. The average molecular weight is 299 g/mol. The van der Waals surface area contributed by atoms with Gasteiger partial charge >= 0.3 is 0 Å². The number of carbonyl (C=O) groups is 1. The fourth-order valence-electron chi connectivity index (χ4n) is 2.41. The van der Waals surface area contributed by atoms with Crippen LogP contribution in [0.1, 0.15) is 18.0 Å². The summed E-state index contributed by atoms with van der Waals surface area (Å²) in [6.45, 7) is 7.15. The molecule has 1 heterocycles. The van der Waals surface area contributed by atoms with Crippen LogP contribution in [-0.4, -0.2) is 36.9 Å². The number of nitrogens with zero attached hydrogens (tertiary/aromatic N) is 1. The Kier molecular flexibility index (Phi) is 6.85. The molecule has 1 aromatic rings. The highest BCUT2D eigenvalue weighted by molar-refractivity contribution is 5.89. The maximum absolute atomic E-state index is 13.0. The number of ketones is 1. The molecule has 0 aromatic heterocycles. The second-order valence-electron chi connectivity index (χ2n) is 4.73. The van der Waals surface area contributed by atoms with Gasteiger partial charge in [-0.3, -0.25) is 9.69 Å². The lowest BCUT2D eigenvalue weighted by Gasteiger charge is -2.34. The van der Waals surface area contributed by atoms with E-state index < -0.39 is 0 Å². The molecule has 110 valence electrons. The molecule has 0 spiro atoms. The summed E-state index contributed by atoms with van der Waals surface area (Å²) in [5, 5.41) is 3.29.